The van der Waals surface area contributed by atoms with Crippen molar-refractivity contribution < 1.29 is 14.3 Å². The van der Waals surface area contributed by atoms with Gasteiger partial charge in [-0.15, -0.1) is 0 Å². The van der Waals surface area contributed by atoms with E-state index in [0.29, 0.717) is 17.9 Å². The van der Waals surface area contributed by atoms with Crippen molar-refractivity contribution in [2.45, 2.75) is 58.9 Å². The van der Waals surface area contributed by atoms with Crippen molar-refractivity contribution in [2.75, 3.05) is 11.9 Å². The predicted octanol–water partition coefficient (Wildman–Crippen LogP) is 5.05. The monoisotopic (exact) mass is 473 g/mol. The molecule has 0 radical (unpaired) electrons. The minimum absolute atomic E-state index is 0.138. The van der Waals surface area contributed by atoms with Crippen molar-refractivity contribution in [2.24, 2.45) is 4.99 Å². The SMILES string of the molecule is CC[C@@H]1COC2N=CNC=C2c2cc(C(=O)Nc3ccc(OC(C)(C)C)cc3)cc3nc(C)n1c23. The van der Waals surface area contributed by atoms with E-state index in [2.05, 4.69) is 27.1 Å². The summed E-state index contributed by atoms with van der Waals surface area (Å²) in [6.07, 6.45) is 4.00. The second kappa shape index (κ2) is 8.85. The third-order valence-electron chi connectivity index (χ3n) is 6.14. The molecule has 2 N–H and O–H groups in total. The van der Waals surface area contributed by atoms with Crippen LogP contribution in [0.1, 0.15) is 61.9 Å². The van der Waals surface area contributed by atoms with Gasteiger partial charge < -0.3 is 24.7 Å². The van der Waals surface area contributed by atoms with Gasteiger partial charge in [-0.25, -0.2) is 9.98 Å². The highest BCUT2D eigenvalue weighted by molar-refractivity contribution is 6.08. The Morgan fingerprint density at radius 1 is 1.26 bits per heavy atom. The van der Waals surface area contributed by atoms with Crippen LogP contribution in [-0.4, -0.2) is 40.2 Å². The molecule has 35 heavy (non-hydrogen) atoms. The van der Waals surface area contributed by atoms with Gasteiger partial charge in [-0.1, -0.05) is 6.92 Å². The van der Waals surface area contributed by atoms with E-state index < -0.39 is 6.23 Å². The molecule has 182 valence electrons. The van der Waals surface area contributed by atoms with Crippen LogP contribution in [0.15, 0.2) is 47.6 Å². The number of hydrogen-bond acceptors (Lipinski definition) is 6. The zero-order valence-corrected chi connectivity index (χ0v) is 20.8. The molecule has 2 aliphatic rings. The lowest BCUT2D eigenvalue weighted by Gasteiger charge is -2.29. The number of nitrogens with zero attached hydrogens (tertiary/aromatic N) is 3. The van der Waals surface area contributed by atoms with E-state index in [4.69, 9.17) is 14.5 Å². The van der Waals surface area contributed by atoms with Crippen LogP contribution in [-0.2, 0) is 4.74 Å². The lowest BCUT2D eigenvalue weighted by molar-refractivity contribution is 0.0675. The Balaban J connectivity index is 1.53. The Bertz CT molecular complexity index is 1330. The molecule has 1 amide bonds. The number of amides is 1. The molecule has 0 aliphatic carbocycles. The molecular weight excluding hydrogens is 442 g/mol. The van der Waals surface area contributed by atoms with Gasteiger partial charge >= 0.3 is 0 Å². The van der Waals surface area contributed by atoms with Crippen molar-refractivity contribution in [1.29, 1.82) is 0 Å². The van der Waals surface area contributed by atoms with Gasteiger partial charge in [0.2, 0.25) is 0 Å². The Hall–Kier alpha value is -3.65. The number of aliphatic imine (C=N–C) groups is 1. The van der Waals surface area contributed by atoms with Crippen molar-refractivity contribution in [3.63, 3.8) is 0 Å². The zero-order chi connectivity index (χ0) is 24.7. The molecule has 5 rings (SSSR count). The van der Waals surface area contributed by atoms with E-state index in [9.17, 15) is 4.79 Å². The van der Waals surface area contributed by atoms with Crippen LogP contribution in [0.4, 0.5) is 5.69 Å². The van der Waals surface area contributed by atoms with Crippen LogP contribution < -0.4 is 15.4 Å². The molecule has 0 fully saturated rings. The zero-order valence-electron chi connectivity index (χ0n) is 20.8. The third kappa shape index (κ3) is 4.53. The summed E-state index contributed by atoms with van der Waals surface area (Å²) < 4.78 is 14.3. The van der Waals surface area contributed by atoms with E-state index in [0.717, 1.165) is 40.2 Å². The van der Waals surface area contributed by atoms with E-state index in [-0.39, 0.29) is 17.6 Å². The second-order valence-corrected chi connectivity index (χ2v) is 9.91. The minimum Gasteiger partial charge on any atom is -0.488 e. The second-order valence-electron chi connectivity index (χ2n) is 9.91. The summed E-state index contributed by atoms with van der Waals surface area (Å²) in [4.78, 5) is 22.6. The highest BCUT2D eigenvalue weighted by atomic mass is 16.5. The molecule has 8 heteroatoms. The number of imidazole rings is 1. The third-order valence-corrected chi connectivity index (χ3v) is 6.14. The normalized spacial score (nSPS) is 19.3. The minimum atomic E-state index is -0.425. The number of aryl methyl sites for hydroxylation is 1. The fraction of sp³-hybridized carbons (Fsp3) is 0.370. The van der Waals surface area contributed by atoms with Gasteiger partial charge in [-0.05, 0) is 70.5 Å². The maximum atomic E-state index is 13.3. The Kier molecular flexibility index (Phi) is 5.84. The van der Waals surface area contributed by atoms with E-state index in [1.165, 1.54) is 0 Å². The first-order valence-corrected chi connectivity index (χ1v) is 12.0. The van der Waals surface area contributed by atoms with Crippen LogP contribution in [0.25, 0.3) is 16.6 Å². The van der Waals surface area contributed by atoms with Crippen LogP contribution >= 0.6 is 0 Å². The molecule has 0 spiro atoms. The Morgan fingerprint density at radius 2 is 2.03 bits per heavy atom. The maximum absolute atomic E-state index is 13.3. The topological polar surface area (TPSA) is 89.8 Å². The summed E-state index contributed by atoms with van der Waals surface area (Å²) >= 11 is 0. The molecule has 0 saturated heterocycles. The summed E-state index contributed by atoms with van der Waals surface area (Å²) in [5.74, 6) is 1.44. The van der Waals surface area contributed by atoms with Gasteiger partial charge in [0, 0.05) is 28.6 Å². The average molecular weight is 474 g/mol. The number of rotatable bonds is 4. The van der Waals surface area contributed by atoms with Crippen LogP contribution in [0, 0.1) is 6.92 Å². The fourth-order valence-corrected chi connectivity index (χ4v) is 4.62. The van der Waals surface area contributed by atoms with Crippen LogP contribution in [0.5, 0.6) is 5.75 Å². The first kappa shape index (κ1) is 23.1. The lowest BCUT2D eigenvalue weighted by atomic mass is 9.98. The molecular formula is C27H31N5O3. The summed E-state index contributed by atoms with van der Waals surface area (Å²) in [7, 11) is 0. The molecule has 2 aliphatic heterocycles. The number of hydrogen-bond donors (Lipinski definition) is 2. The summed E-state index contributed by atoms with van der Waals surface area (Å²) in [6.45, 7) is 10.7. The largest absolute Gasteiger partial charge is 0.488 e. The standard InChI is InChI=1S/C27H31N5O3/c1-6-19-14-34-26-22(13-28-15-29-26)21-11-17(12-23-24(21)32(19)16(2)30-23)25(33)31-18-7-9-20(10-8-18)35-27(3,4)5/h7-13,15,19,26H,6,14H2,1-5H3,(H,28,29)(H,31,33)/t19-,26?/m1/s1. The predicted molar refractivity (Wildman–Crippen MR) is 138 cm³/mol. The van der Waals surface area contributed by atoms with E-state index in [1.54, 1.807) is 6.34 Å². The van der Waals surface area contributed by atoms with E-state index >= 15 is 0 Å². The molecule has 1 aromatic heterocycles. The van der Waals surface area contributed by atoms with Gasteiger partial charge in [0.25, 0.3) is 5.91 Å². The van der Waals surface area contributed by atoms with Crippen molar-refractivity contribution in [3.05, 3.63) is 59.5 Å². The first-order valence-electron chi connectivity index (χ1n) is 12.0. The smallest absolute Gasteiger partial charge is 0.255 e. The highest BCUT2D eigenvalue weighted by Crippen LogP contribution is 2.36. The number of benzene rings is 2. The fourth-order valence-electron chi connectivity index (χ4n) is 4.62. The summed E-state index contributed by atoms with van der Waals surface area (Å²) in [5.41, 5.74) is 4.50. The molecule has 2 aromatic carbocycles. The molecule has 0 bridgehead atoms. The number of nitrogens with one attached hydrogen (secondary N) is 2. The maximum Gasteiger partial charge on any atom is 0.255 e. The van der Waals surface area contributed by atoms with Crippen molar-refractivity contribution in [1.82, 2.24) is 14.9 Å². The van der Waals surface area contributed by atoms with Gasteiger partial charge in [-0.2, -0.15) is 0 Å². The Morgan fingerprint density at radius 3 is 2.74 bits per heavy atom. The van der Waals surface area contributed by atoms with Gasteiger partial charge in [0.05, 0.1) is 30.0 Å². The lowest BCUT2D eigenvalue weighted by Crippen LogP contribution is -2.28. The summed E-state index contributed by atoms with van der Waals surface area (Å²) in [5, 5.41) is 6.07. The molecule has 8 nitrogen and oxygen atoms in total. The molecule has 3 aromatic rings. The average Bonchev–Trinajstić information content (AvgIpc) is 3.14. The van der Waals surface area contributed by atoms with Gasteiger partial charge in [0.1, 0.15) is 17.2 Å². The Labute approximate surface area is 205 Å². The first-order chi connectivity index (χ1) is 16.7. The number of carbonyl (C=O) groups is 1. The van der Waals surface area contributed by atoms with Gasteiger partial charge in [0.15, 0.2) is 6.23 Å². The number of carbonyl (C=O) groups excluding carboxylic acids is 1. The van der Waals surface area contributed by atoms with Gasteiger partial charge in [-0.3, -0.25) is 4.79 Å². The number of ether oxygens (including phenoxy) is 2. The van der Waals surface area contributed by atoms with Crippen LogP contribution in [0.3, 0.4) is 0 Å². The molecule has 1 unspecified atom stereocenters. The molecule has 3 heterocycles. The highest BCUT2D eigenvalue weighted by Gasteiger charge is 2.29. The number of fused-ring (bicyclic) bond motifs is 2. The number of aromatic nitrogens is 2. The summed E-state index contributed by atoms with van der Waals surface area (Å²) in [6, 6.07) is 11.3. The van der Waals surface area contributed by atoms with E-state index in [1.807, 2.05) is 70.3 Å². The van der Waals surface area contributed by atoms with Crippen molar-refractivity contribution in [3.8, 4) is 5.75 Å². The van der Waals surface area contributed by atoms with Crippen molar-refractivity contribution >= 4 is 34.5 Å². The molecule has 2 atom stereocenters. The number of anilines is 1. The quantitative estimate of drug-likeness (QED) is 0.553. The molecule has 0 saturated carbocycles. The van der Waals surface area contributed by atoms with Crippen LogP contribution in [0.2, 0.25) is 0 Å².